The second-order valence-electron chi connectivity index (χ2n) is 2.94. The van der Waals surface area contributed by atoms with E-state index in [0.29, 0.717) is 0 Å². The van der Waals surface area contributed by atoms with Crippen molar-refractivity contribution in [1.82, 2.24) is 9.97 Å². The topological polar surface area (TPSA) is 63.1 Å². The number of halogens is 3. The summed E-state index contributed by atoms with van der Waals surface area (Å²) in [6, 6.07) is 1.01. The highest BCUT2D eigenvalue weighted by molar-refractivity contribution is 6.28. The third-order valence-electron chi connectivity index (χ3n) is 1.57. The molecule has 1 aromatic rings. The molecule has 0 bridgehead atoms. The number of hydrogen-bond donors (Lipinski definition) is 1. The molecule has 0 radical (unpaired) electrons. The van der Waals surface area contributed by atoms with Gasteiger partial charge < -0.3 is 5.11 Å². The molecule has 0 atom stereocenters. The zero-order chi connectivity index (χ0) is 11.6. The Bertz CT molecular complexity index is 378. The summed E-state index contributed by atoms with van der Waals surface area (Å²) in [6.07, 6.45) is -1.32. The Morgan fingerprint density at radius 1 is 1.60 bits per heavy atom. The minimum Gasteiger partial charge on any atom is -0.481 e. The Morgan fingerprint density at radius 3 is 2.67 bits per heavy atom. The molecule has 1 heterocycles. The molecule has 0 saturated heterocycles. The van der Waals surface area contributed by atoms with Crippen LogP contribution in [0.3, 0.4) is 0 Å². The molecule has 82 valence electrons. The molecule has 0 aliphatic heterocycles. The molecular formula is C8H7ClF2N2O2. The van der Waals surface area contributed by atoms with Crippen LogP contribution in [0, 0.1) is 6.92 Å². The van der Waals surface area contributed by atoms with Crippen molar-refractivity contribution in [2.75, 3.05) is 0 Å². The van der Waals surface area contributed by atoms with E-state index >= 15 is 0 Å². The van der Waals surface area contributed by atoms with Crippen molar-refractivity contribution in [3.8, 4) is 0 Å². The predicted molar refractivity (Wildman–Crippen MR) is 47.9 cm³/mol. The second kappa shape index (κ2) is 4.06. The van der Waals surface area contributed by atoms with E-state index in [1.165, 1.54) is 6.92 Å². The number of carboxylic acids is 1. The lowest BCUT2D eigenvalue weighted by atomic mass is 10.1. The molecule has 0 aliphatic carbocycles. The number of nitrogens with zero attached hydrogens (tertiary/aromatic N) is 2. The Morgan fingerprint density at radius 2 is 2.20 bits per heavy atom. The fraction of sp³-hybridized carbons (Fsp3) is 0.375. The summed E-state index contributed by atoms with van der Waals surface area (Å²) in [5.74, 6) is -5.14. The Hall–Kier alpha value is -1.30. The van der Waals surface area contributed by atoms with Gasteiger partial charge in [0.2, 0.25) is 5.28 Å². The number of rotatable bonds is 3. The number of carboxylic acid groups (broad SMARTS) is 1. The minimum atomic E-state index is -3.54. The van der Waals surface area contributed by atoms with Gasteiger partial charge in [-0.15, -0.1) is 0 Å². The van der Waals surface area contributed by atoms with Crippen LogP contribution in [0.1, 0.15) is 17.8 Å². The zero-order valence-corrected chi connectivity index (χ0v) is 8.42. The molecule has 0 unspecified atom stereocenters. The molecule has 7 heteroatoms. The van der Waals surface area contributed by atoms with Gasteiger partial charge in [0.15, 0.2) is 0 Å². The summed E-state index contributed by atoms with van der Waals surface area (Å²) < 4.78 is 26.5. The highest BCUT2D eigenvalue weighted by Gasteiger charge is 2.36. The molecule has 15 heavy (non-hydrogen) atoms. The molecule has 1 N–H and O–H groups in total. The van der Waals surface area contributed by atoms with E-state index in [0.717, 1.165) is 6.07 Å². The van der Waals surface area contributed by atoms with Gasteiger partial charge in [-0.3, -0.25) is 4.79 Å². The molecule has 1 aromatic heterocycles. The minimum absolute atomic E-state index is 0.259. The van der Waals surface area contributed by atoms with Crippen LogP contribution >= 0.6 is 11.6 Å². The third kappa shape index (κ3) is 3.09. The van der Waals surface area contributed by atoms with E-state index in [2.05, 4.69) is 9.97 Å². The normalized spacial score (nSPS) is 11.5. The maximum absolute atomic E-state index is 13.2. The molecule has 0 amide bonds. The molecular weight excluding hydrogens is 230 g/mol. The summed E-state index contributed by atoms with van der Waals surface area (Å²) in [4.78, 5) is 17.1. The van der Waals surface area contributed by atoms with E-state index in [9.17, 15) is 13.6 Å². The van der Waals surface area contributed by atoms with Crippen molar-refractivity contribution in [2.24, 2.45) is 0 Å². The smallest absolute Gasteiger partial charge is 0.309 e. The van der Waals surface area contributed by atoms with E-state index in [-0.39, 0.29) is 11.0 Å². The maximum atomic E-state index is 13.2. The van der Waals surface area contributed by atoms with Crippen molar-refractivity contribution in [3.05, 3.63) is 22.7 Å². The fourth-order valence-electron chi connectivity index (χ4n) is 1.00. The zero-order valence-electron chi connectivity index (χ0n) is 7.67. The monoisotopic (exact) mass is 236 g/mol. The number of aryl methyl sites for hydroxylation is 1. The van der Waals surface area contributed by atoms with Crippen LogP contribution in [-0.4, -0.2) is 21.0 Å². The van der Waals surface area contributed by atoms with Crippen molar-refractivity contribution >= 4 is 17.6 Å². The molecule has 0 saturated carbocycles. The van der Waals surface area contributed by atoms with E-state index in [1.54, 1.807) is 0 Å². The molecule has 0 fully saturated rings. The highest BCUT2D eigenvalue weighted by Crippen LogP contribution is 2.30. The summed E-state index contributed by atoms with van der Waals surface area (Å²) in [7, 11) is 0. The quantitative estimate of drug-likeness (QED) is 0.816. The maximum Gasteiger partial charge on any atom is 0.309 e. The van der Waals surface area contributed by atoms with Gasteiger partial charge >= 0.3 is 5.97 Å². The lowest BCUT2D eigenvalue weighted by Gasteiger charge is -2.13. The molecule has 1 rings (SSSR count). The van der Waals surface area contributed by atoms with Gasteiger partial charge in [0.25, 0.3) is 5.92 Å². The van der Waals surface area contributed by atoms with Crippen molar-refractivity contribution < 1.29 is 18.7 Å². The molecule has 0 spiro atoms. The molecule has 0 aromatic carbocycles. The third-order valence-corrected chi connectivity index (χ3v) is 1.74. The number of carbonyl (C=O) groups is 1. The molecule has 0 aliphatic rings. The van der Waals surface area contributed by atoms with Crippen molar-refractivity contribution in [2.45, 2.75) is 19.3 Å². The second-order valence-corrected chi connectivity index (χ2v) is 3.28. The van der Waals surface area contributed by atoms with Gasteiger partial charge in [0.1, 0.15) is 12.1 Å². The predicted octanol–water partition coefficient (Wildman–Crippen LogP) is 2.00. The highest BCUT2D eigenvalue weighted by atomic mass is 35.5. The SMILES string of the molecule is Cc1cc(C(F)(F)CC(=O)O)nc(Cl)n1. The van der Waals surface area contributed by atoms with E-state index in [4.69, 9.17) is 16.7 Å². The first-order valence-corrected chi connectivity index (χ1v) is 4.30. The van der Waals surface area contributed by atoms with Crippen molar-refractivity contribution in [1.29, 1.82) is 0 Å². The standard InChI is InChI=1S/C8H7ClF2N2O2/c1-4-2-5(13-7(9)12-4)8(10,11)3-6(14)15/h2H,3H2,1H3,(H,14,15). The van der Waals surface area contributed by atoms with Crippen LogP contribution in [0.2, 0.25) is 5.28 Å². The summed E-state index contributed by atoms with van der Waals surface area (Å²) in [6.45, 7) is 1.47. The van der Waals surface area contributed by atoms with Crippen LogP contribution in [0.4, 0.5) is 8.78 Å². The van der Waals surface area contributed by atoms with Crippen LogP contribution < -0.4 is 0 Å². The molecule has 4 nitrogen and oxygen atoms in total. The van der Waals surface area contributed by atoms with Gasteiger partial charge in [-0.05, 0) is 24.6 Å². The van der Waals surface area contributed by atoms with Crippen molar-refractivity contribution in [3.63, 3.8) is 0 Å². The largest absolute Gasteiger partial charge is 0.481 e. The first kappa shape index (κ1) is 11.8. The number of hydrogen-bond acceptors (Lipinski definition) is 3. The summed E-state index contributed by atoms with van der Waals surface area (Å²) in [5, 5.41) is 7.97. The van der Waals surface area contributed by atoms with Gasteiger partial charge in [-0.25, -0.2) is 9.97 Å². The number of alkyl halides is 2. The van der Waals surface area contributed by atoms with Crippen LogP contribution in [0.15, 0.2) is 6.07 Å². The van der Waals surface area contributed by atoms with Gasteiger partial charge in [0, 0.05) is 5.69 Å². The number of aliphatic carboxylic acids is 1. The van der Waals surface area contributed by atoms with Gasteiger partial charge in [-0.1, -0.05) is 0 Å². The lowest BCUT2D eigenvalue weighted by molar-refractivity contribution is -0.145. The van der Waals surface area contributed by atoms with Gasteiger partial charge in [-0.2, -0.15) is 8.78 Å². The van der Waals surface area contributed by atoms with Crippen LogP contribution in [-0.2, 0) is 10.7 Å². The first-order chi connectivity index (χ1) is 6.81. The van der Waals surface area contributed by atoms with Crippen LogP contribution in [0.5, 0.6) is 0 Å². The van der Waals surface area contributed by atoms with Gasteiger partial charge in [0.05, 0.1) is 0 Å². The lowest BCUT2D eigenvalue weighted by Crippen LogP contribution is -2.20. The number of aromatic nitrogens is 2. The first-order valence-electron chi connectivity index (χ1n) is 3.92. The van der Waals surface area contributed by atoms with E-state index < -0.39 is 24.0 Å². The Labute approximate surface area is 88.9 Å². The Kier molecular flexibility index (Phi) is 3.18. The Balaban J connectivity index is 3.08. The summed E-state index contributed by atoms with van der Waals surface area (Å²) in [5.41, 5.74) is -0.419. The average molecular weight is 237 g/mol. The van der Waals surface area contributed by atoms with E-state index in [1.807, 2.05) is 0 Å². The fourth-order valence-corrected chi connectivity index (χ4v) is 1.22. The van der Waals surface area contributed by atoms with Crippen LogP contribution in [0.25, 0.3) is 0 Å². The summed E-state index contributed by atoms with van der Waals surface area (Å²) >= 11 is 5.39. The average Bonchev–Trinajstić information content (AvgIpc) is 1.99.